The van der Waals surface area contributed by atoms with Crippen LogP contribution in [-0.4, -0.2) is 23.4 Å². The number of benzene rings is 2. The lowest BCUT2D eigenvalue weighted by atomic mass is 10.2. The molecule has 0 unspecified atom stereocenters. The van der Waals surface area contributed by atoms with E-state index < -0.39 is 0 Å². The number of carbonyl (C=O) groups excluding carboxylic acids is 1. The molecule has 1 heterocycles. The first-order chi connectivity index (χ1) is 12.2. The lowest BCUT2D eigenvalue weighted by molar-refractivity contribution is -0.115. The maximum atomic E-state index is 11.8. The van der Waals surface area contributed by atoms with Gasteiger partial charge >= 0.3 is 0 Å². The number of para-hydroxylation sites is 2. The fourth-order valence-electron chi connectivity index (χ4n) is 2.24. The molecule has 1 aliphatic rings. The van der Waals surface area contributed by atoms with Crippen molar-refractivity contribution in [1.82, 2.24) is 5.32 Å². The molecule has 128 valence electrons. The van der Waals surface area contributed by atoms with E-state index in [1.54, 1.807) is 6.08 Å². The first kappa shape index (κ1) is 17.5. The fraction of sp³-hybridized carbons (Fsp3) is 0.158. The van der Waals surface area contributed by atoms with Crippen LogP contribution in [0.15, 0.2) is 59.5 Å². The van der Waals surface area contributed by atoms with Crippen LogP contribution in [0.1, 0.15) is 12.0 Å². The van der Waals surface area contributed by atoms with E-state index in [4.69, 9.17) is 21.7 Å². The number of hydrogen-bond donors (Lipinski definition) is 1. The number of ether oxygens (including phenoxy) is 2. The standard InChI is InChI=1S/C19H17NO3S2/c21-18-17(25-19(24)20-18)13-14-7-4-5-10-16(14)23-12-6-11-22-15-8-2-1-3-9-15/h1-5,7-10,13H,6,11-12H2,(H,20,21,24)/b17-13+. The molecule has 0 saturated carbocycles. The van der Waals surface area contributed by atoms with Gasteiger partial charge < -0.3 is 14.8 Å². The number of rotatable bonds is 7. The molecule has 1 saturated heterocycles. The van der Waals surface area contributed by atoms with Crippen LogP contribution >= 0.6 is 24.0 Å². The Morgan fingerprint density at radius 3 is 2.48 bits per heavy atom. The molecule has 1 N–H and O–H groups in total. The summed E-state index contributed by atoms with van der Waals surface area (Å²) in [5.74, 6) is 1.43. The minimum absolute atomic E-state index is 0.166. The Morgan fingerprint density at radius 1 is 1.00 bits per heavy atom. The monoisotopic (exact) mass is 371 g/mol. The van der Waals surface area contributed by atoms with Crippen LogP contribution in [0.25, 0.3) is 6.08 Å². The van der Waals surface area contributed by atoms with Gasteiger partial charge in [0, 0.05) is 12.0 Å². The molecule has 3 rings (SSSR count). The van der Waals surface area contributed by atoms with Gasteiger partial charge in [0.25, 0.3) is 5.91 Å². The Hall–Kier alpha value is -2.31. The Bertz CT molecular complexity index is 790. The second-order valence-electron chi connectivity index (χ2n) is 5.25. The largest absolute Gasteiger partial charge is 0.493 e. The Morgan fingerprint density at radius 2 is 1.72 bits per heavy atom. The van der Waals surface area contributed by atoms with Crippen LogP contribution in [0.3, 0.4) is 0 Å². The van der Waals surface area contributed by atoms with Gasteiger partial charge in [0.2, 0.25) is 0 Å². The van der Waals surface area contributed by atoms with E-state index in [1.165, 1.54) is 11.8 Å². The quantitative estimate of drug-likeness (QED) is 0.452. The van der Waals surface area contributed by atoms with Crippen molar-refractivity contribution in [2.24, 2.45) is 0 Å². The van der Waals surface area contributed by atoms with Crippen molar-refractivity contribution < 1.29 is 14.3 Å². The fourth-order valence-corrected chi connectivity index (χ4v) is 3.28. The summed E-state index contributed by atoms with van der Waals surface area (Å²) in [4.78, 5) is 12.4. The van der Waals surface area contributed by atoms with E-state index in [0.717, 1.165) is 23.5 Å². The zero-order chi connectivity index (χ0) is 17.5. The van der Waals surface area contributed by atoms with Gasteiger partial charge in [-0.3, -0.25) is 4.79 Å². The number of hydrogen-bond acceptors (Lipinski definition) is 5. The van der Waals surface area contributed by atoms with Gasteiger partial charge in [-0.1, -0.05) is 60.4 Å². The molecule has 2 aromatic carbocycles. The second-order valence-corrected chi connectivity index (χ2v) is 6.97. The summed E-state index contributed by atoms with van der Waals surface area (Å²) in [5.41, 5.74) is 0.855. The number of thioether (sulfide) groups is 1. The number of carbonyl (C=O) groups is 1. The number of thiocarbonyl (C=S) groups is 1. The van der Waals surface area contributed by atoms with Gasteiger partial charge in [-0.2, -0.15) is 0 Å². The first-order valence-electron chi connectivity index (χ1n) is 7.87. The molecule has 0 bridgehead atoms. The average molecular weight is 371 g/mol. The van der Waals surface area contributed by atoms with Crippen LogP contribution in [0.4, 0.5) is 0 Å². The van der Waals surface area contributed by atoms with Crippen LogP contribution in [0.5, 0.6) is 11.5 Å². The smallest absolute Gasteiger partial charge is 0.263 e. The van der Waals surface area contributed by atoms with Gasteiger partial charge in [0.1, 0.15) is 15.8 Å². The highest BCUT2D eigenvalue weighted by molar-refractivity contribution is 8.26. The van der Waals surface area contributed by atoms with Crippen LogP contribution in [0.2, 0.25) is 0 Å². The van der Waals surface area contributed by atoms with Gasteiger partial charge in [0.15, 0.2) is 0 Å². The minimum Gasteiger partial charge on any atom is -0.493 e. The lowest BCUT2D eigenvalue weighted by Crippen LogP contribution is -2.17. The highest BCUT2D eigenvalue weighted by Crippen LogP contribution is 2.29. The summed E-state index contributed by atoms with van der Waals surface area (Å²) < 4.78 is 12.0. The normalized spacial score (nSPS) is 15.3. The molecule has 0 spiro atoms. The molecule has 2 aromatic rings. The summed E-state index contributed by atoms with van der Waals surface area (Å²) in [6.07, 6.45) is 2.56. The molecule has 25 heavy (non-hydrogen) atoms. The van der Waals surface area contributed by atoms with Gasteiger partial charge in [-0.15, -0.1) is 0 Å². The van der Waals surface area contributed by atoms with Crippen molar-refractivity contribution >= 4 is 40.3 Å². The predicted molar refractivity (Wildman–Crippen MR) is 105 cm³/mol. The van der Waals surface area contributed by atoms with Gasteiger partial charge in [-0.25, -0.2) is 0 Å². The third-order valence-corrected chi connectivity index (χ3v) is 4.57. The number of nitrogens with one attached hydrogen (secondary N) is 1. The van der Waals surface area contributed by atoms with E-state index in [-0.39, 0.29) is 5.91 Å². The summed E-state index contributed by atoms with van der Waals surface area (Å²) in [6, 6.07) is 17.3. The maximum absolute atomic E-state index is 11.8. The third kappa shape index (κ3) is 5.08. The van der Waals surface area contributed by atoms with Gasteiger partial charge in [0.05, 0.1) is 18.1 Å². The van der Waals surface area contributed by atoms with E-state index >= 15 is 0 Å². The Kier molecular flexibility index (Phi) is 6.09. The Balaban J connectivity index is 1.54. The van der Waals surface area contributed by atoms with Crippen molar-refractivity contribution in [3.8, 4) is 11.5 Å². The molecule has 0 aliphatic carbocycles. The summed E-state index contributed by atoms with van der Waals surface area (Å²) in [6.45, 7) is 1.12. The molecule has 1 fully saturated rings. The second kappa shape index (κ2) is 8.69. The molecule has 6 heteroatoms. The van der Waals surface area contributed by atoms with Crippen LogP contribution < -0.4 is 14.8 Å². The first-order valence-corrected chi connectivity index (χ1v) is 9.09. The van der Waals surface area contributed by atoms with Gasteiger partial charge in [-0.05, 0) is 24.3 Å². The SMILES string of the molecule is O=C1NC(=S)S/C1=C/c1ccccc1OCCCOc1ccccc1. The Labute approximate surface area is 156 Å². The summed E-state index contributed by atoms with van der Waals surface area (Å²) in [5, 5.41) is 2.61. The summed E-state index contributed by atoms with van der Waals surface area (Å²) in [7, 11) is 0. The van der Waals surface area contributed by atoms with Crippen molar-refractivity contribution in [2.75, 3.05) is 13.2 Å². The zero-order valence-electron chi connectivity index (χ0n) is 13.4. The van der Waals surface area contributed by atoms with E-state index in [2.05, 4.69) is 5.32 Å². The average Bonchev–Trinajstić information content (AvgIpc) is 2.94. The molecule has 1 aliphatic heterocycles. The third-order valence-electron chi connectivity index (χ3n) is 3.41. The van der Waals surface area contributed by atoms with Crippen LogP contribution in [-0.2, 0) is 4.79 Å². The number of amides is 1. The molecule has 0 atom stereocenters. The van der Waals surface area contributed by atoms with E-state index in [1.807, 2.05) is 54.6 Å². The maximum Gasteiger partial charge on any atom is 0.263 e. The van der Waals surface area contributed by atoms with Crippen molar-refractivity contribution in [3.63, 3.8) is 0 Å². The van der Waals surface area contributed by atoms with E-state index in [0.29, 0.717) is 22.4 Å². The molecular weight excluding hydrogens is 354 g/mol. The molecule has 1 amide bonds. The molecule has 0 aromatic heterocycles. The zero-order valence-corrected chi connectivity index (χ0v) is 15.1. The van der Waals surface area contributed by atoms with Crippen molar-refractivity contribution in [2.45, 2.75) is 6.42 Å². The molecular formula is C19H17NO3S2. The van der Waals surface area contributed by atoms with Crippen LogP contribution in [0, 0.1) is 0 Å². The molecule has 0 radical (unpaired) electrons. The minimum atomic E-state index is -0.166. The predicted octanol–water partition coefficient (Wildman–Crippen LogP) is 4.02. The molecule has 4 nitrogen and oxygen atoms in total. The summed E-state index contributed by atoms with van der Waals surface area (Å²) >= 11 is 6.27. The van der Waals surface area contributed by atoms with Crippen molar-refractivity contribution in [1.29, 1.82) is 0 Å². The van der Waals surface area contributed by atoms with E-state index in [9.17, 15) is 4.79 Å². The highest BCUT2D eigenvalue weighted by atomic mass is 32.2. The highest BCUT2D eigenvalue weighted by Gasteiger charge is 2.22. The topological polar surface area (TPSA) is 47.6 Å². The van der Waals surface area contributed by atoms with Crippen molar-refractivity contribution in [3.05, 3.63) is 65.1 Å². The lowest BCUT2D eigenvalue weighted by Gasteiger charge is -2.10.